The molecule has 0 aliphatic heterocycles. The molecule has 0 radical (unpaired) electrons. The fourth-order valence-electron chi connectivity index (χ4n) is 1.88. The second-order valence-corrected chi connectivity index (χ2v) is 4.23. The SMILES string of the molecule is CCCCC[C@H](N)c1cccc(OCC)c1O. The number of hydrogen-bond acceptors (Lipinski definition) is 3. The van der Waals surface area contributed by atoms with E-state index in [4.69, 9.17) is 10.5 Å². The van der Waals surface area contributed by atoms with Gasteiger partial charge in [-0.2, -0.15) is 0 Å². The lowest BCUT2D eigenvalue weighted by Crippen LogP contribution is -2.10. The van der Waals surface area contributed by atoms with E-state index < -0.39 is 0 Å². The summed E-state index contributed by atoms with van der Waals surface area (Å²) in [5.74, 6) is 0.717. The summed E-state index contributed by atoms with van der Waals surface area (Å²) in [7, 11) is 0. The van der Waals surface area contributed by atoms with Crippen molar-refractivity contribution in [1.82, 2.24) is 0 Å². The molecular formula is C14H23NO2. The molecule has 17 heavy (non-hydrogen) atoms. The molecule has 0 unspecified atom stereocenters. The smallest absolute Gasteiger partial charge is 0.162 e. The molecule has 0 aliphatic rings. The molecule has 3 N–H and O–H groups in total. The maximum atomic E-state index is 10.0. The fraction of sp³-hybridized carbons (Fsp3) is 0.571. The molecule has 0 aromatic heterocycles. The third-order valence-electron chi connectivity index (χ3n) is 2.85. The lowest BCUT2D eigenvalue weighted by Gasteiger charge is -2.15. The van der Waals surface area contributed by atoms with Gasteiger partial charge in [-0.15, -0.1) is 0 Å². The Morgan fingerprint density at radius 2 is 2.06 bits per heavy atom. The van der Waals surface area contributed by atoms with E-state index in [-0.39, 0.29) is 11.8 Å². The van der Waals surface area contributed by atoms with Crippen molar-refractivity contribution >= 4 is 0 Å². The van der Waals surface area contributed by atoms with Gasteiger partial charge in [0.05, 0.1) is 6.61 Å². The van der Waals surface area contributed by atoms with Gasteiger partial charge in [-0.3, -0.25) is 0 Å². The molecule has 1 aromatic rings. The Morgan fingerprint density at radius 1 is 1.29 bits per heavy atom. The van der Waals surface area contributed by atoms with Gasteiger partial charge in [0, 0.05) is 11.6 Å². The van der Waals surface area contributed by atoms with Crippen LogP contribution in [0.2, 0.25) is 0 Å². The minimum absolute atomic E-state index is 0.109. The summed E-state index contributed by atoms with van der Waals surface area (Å²) in [6, 6.07) is 5.40. The molecule has 1 atom stereocenters. The Kier molecular flexibility index (Phi) is 5.84. The van der Waals surface area contributed by atoms with Crippen LogP contribution in [0.25, 0.3) is 0 Å². The summed E-state index contributed by atoms with van der Waals surface area (Å²) in [6.07, 6.45) is 4.35. The van der Waals surface area contributed by atoms with E-state index in [0.717, 1.165) is 18.4 Å². The van der Waals surface area contributed by atoms with Crippen LogP contribution in [0.3, 0.4) is 0 Å². The molecular weight excluding hydrogens is 214 g/mol. The number of aromatic hydroxyl groups is 1. The summed E-state index contributed by atoms with van der Waals surface area (Å²) in [5.41, 5.74) is 6.87. The molecule has 96 valence electrons. The molecule has 0 amide bonds. The van der Waals surface area contributed by atoms with Crippen LogP contribution in [0, 0.1) is 0 Å². The van der Waals surface area contributed by atoms with Crippen LogP contribution in [0.1, 0.15) is 51.1 Å². The van der Waals surface area contributed by atoms with Gasteiger partial charge in [0.15, 0.2) is 11.5 Å². The maximum absolute atomic E-state index is 10.0. The number of benzene rings is 1. The molecule has 3 nitrogen and oxygen atoms in total. The van der Waals surface area contributed by atoms with Gasteiger partial charge in [0.25, 0.3) is 0 Å². The third kappa shape index (κ3) is 3.93. The minimum atomic E-state index is -0.109. The molecule has 0 aliphatic carbocycles. The maximum Gasteiger partial charge on any atom is 0.162 e. The van der Waals surface area contributed by atoms with Crippen LogP contribution in [0.4, 0.5) is 0 Å². The number of phenols is 1. The lowest BCUT2D eigenvalue weighted by molar-refractivity contribution is 0.315. The highest BCUT2D eigenvalue weighted by Crippen LogP contribution is 2.34. The van der Waals surface area contributed by atoms with E-state index >= 15 is 0 Å². The molecule has 0 fully saturated rings. The zero-order chi connectivity index (χ0) is 12.7. The molecule has 1 aromatic carbocycles. The van der Waals surface area contributed by atoms with Crippen LogP contribution in [-0.4, -0.2) is 11.7 Å². The Bertz CT molecular complexity index is 339. The van der Waals surface area contributed by atoms with Crippen molar-refractivity contribution in [3.05, 3.63) is 23.8 Å². The van der Waals surface area contributed by atoms with E-state index in [1.54, 1.807) is 6.07 Å². The van der Waals surface area contributed by atoms with Gasteiger partial charge in [0.1, 0.15) is 0 Å². The summed E-state index contributed by atoms with van der Waals surface area (Å²) in [4.78, 5) is 0. The highest BCUT2D eigenvalue weighted by Gasteiger charge is 2.13. The van der Waals surface area contributed by atoms with Crippen molar-refractivity contribution in [2.75, 3.05) is 6.61 Å². The van der Waals surface area contributed by atoms with Crippen molar-refractivity contribution in [2.45, 2.75) is 45.6 Å². The second-order valence-electron chi connectivity index (χ2n) is 4.23. The van der Waals surface area contributed by atoms with E-state index in [1.807, 2.05) is 19.1 Å². The highest BCUT2D eigenvalue weighted by atomic mass is 16.5. The first kappa shape index (κ1) is 13.8. The Hall–Kier alpha value is -1.22. The van der Waals surface area contributed by atoms with Gasteiger partial charge < -0.3 is 15.6 Å². The van der Waals surface area contributed by atoms with E-state index in [1.165, 1.54) is 12.8 Å². The molecule has 0 bridgehead atoms. The Labute approximate surface area is 104 Å². The van der Waals surface area contributed by atoms with Crippen molar-refractivity contribution in [3.8, 4) is 11.5 Å². The van der Waals surface area contributed by atoms with Gasteiger partial charge in [-0.1, -0.05) is 38.3 Å². The number of rotatable bonds is 7. The summed E-state index contributed by atoms with van der Waals surface area (Å²) in [6.45, 7) is 4.61. The van der Waals surface area contributed by atoms with Gasteiger partial charge in [0.2, 0.25) is 0 Å². The normalized spacial score (nSPS) is 12.4. The third-order valence-corrected chi connectivity index (χ3v) is 2.85. The second kappa shape index (κ2) is 7.17. The van der Waals surface area contributed by atoms with E-state index in [0.29, 0.717) is 12.4 Å². The standard InChI is InChI=1S/C14H23NO2/c1-3-5-6-9-12(15)11-8-7-10-13(14(11)16)17-4-2/h7-8,10,12,16H,3-6,9,15H2,1-2H3/t12-/m0/s1. The molecule has 1 rings (SSSR count). The molecule has 3 heteroatoms. The van der Waals surface area contributed by atoms with Crippen LogP contribution in [0.5, 0.6) is 11.5 Å². The van der Waals surface area contributed by atoms with Crippen LogP contribution < -0.4 is 10.5 Å². The van der Waals surface area contributed by atoms with E-state index in [9.17, 15) is 5.11 Å². The molecule has 0 saturated carbocycles. The molecule has 0 saturated heterocycles. The Balaban J connectivity index is 2.72. The minimum Gasteiger partial charge on any atom is -0.504 e. The highest BCUT2D eigenvalue weighted by molar-refractivity contribution is 5.46. The lowest BCUT2D eigenvalue weighted by atomic mass is 10.00. The topological polar surface area (TPSA) is 55.5 Å². The first-order valence-corrected chi connectivity index (χ1v) is 6.40. The average Bonchev–Trinajstić information content (AvgIpc) is 2.32. The summed E-state index contributed by atoms with van der Waals surface area (Å²) < 4.78 is 5.35. The van der Waals surface area contributed by atoms with Crippen molar-refractivity contribution in [1.29, 1.82) is 0 Å². The van der Waals surface area contributed by atoms with Crippen LogP contribution >= 0.6 is 0 Å². The number of phenolic OH excluding ortho intramolecular Hbond substituents is 1. The van der Waals surface area contributed by atoms with Crippen molar-refractivity contribution in [3.63, 3.8) is 0 Å². The van der Waals surface area contributed by atoms with Gasteiger partial charge in [-0.25, -0.2) is 0 Å². The zero-order valence-corrected chi connectivity index (χ0v) is 10.8. The van der Waals surface area contributed by atoms with Crippen LogP contribution in [-0.2, 0) is 0 Å². The summed E-state index contributed by atoms with van der Waals surface area (Å²) in [5, 5.41) is 10.0. The predicted molar refractivity (Wildman–Crippen MR) is 70.3 cm³/mol. The number of para-hydroxylation sites is 1. The van der Waals surface area contributed by atoms with Crippen molar-refractivity contribution < 1.29 is 9.84 Å². The quantitative estimate of drug-likeness (QED) is 0.715. The number of nitrogens with two attached hydrogens (primary N) is 1. The summed E-state index contributed by atoms with van der Waals surface area (Å²) >= 11 is 0. The van der Waals surface area contributed by atoms with Gasteiger partial charge in [-0.05, 0) is 19.4 Å². The molecule has 0 spiro atoms. The first-order chi connectivity index (χ1) is 8.20. The average molecular weight is 237 g/mol. The van der Waals surface area contributed by atoms with Gasteiger partial charge >= 0.3 is 0 Å². The predicted octanol–water partition coefficient (Wildman–Crippen LogP) is 3.37. The number of unbranched alkanes of at least 4 members (excludes halogenated alkanes) is 2. The fourth-order valence-corrected chi connectivity index (χ4v) is 1.88. The van der Waals surface area contributed by atoms with Crippen LogP contribution in [0.15, 0.2) is 18.2 Å². The largest absolute Gasteiger partial charge is 0.504 e. The number of ether oxygens (including phenoxy) is 1. The molecule has 0 heterocycles. The first-order valence-electron chi connectivity index (χ1n) is 6.40. The Morgan fingerprint density at radius 3 is 2.71 bits per heavy atom. The zero-order valence-electron chi connectivity index (χ0n) is 10.8. The number of hydrogen-bond donors (Lipinski definition) is 2. The van der Waals surface area contributed by atoms with Crippen molar-refractivity contribution in [2.24, 2.45) is 5.73 Å². The monoisotopic (exact) mass is 237 g/mol. The van der Waals surface area contributed by atoms with E-state index in [2.05, 4.69) is 6.92 Å².